The van der Waals surface area contributed by atoms with Crippen LogP contribution in [0.25, 0.3) is 0 Å². The van der Waals surface area contributed by atoms with Crippen molar-refractivity contribution in [2.24, 2.45) is 0 Å². The molecule has 7 atom stereocenters. The van der Waals surface area contributed by atoms with Crippen LogP contribution in [0.3, 0.4) is 0 Å². The van der Waals surface area contributed by atoms with Gasteiger partial charge in [0.1, 0.15) is 23.9 Å². The Morgan fingerprint density at radius 2 is 1.93 bits per heavy atom. The van der Waals surface area contributed by atoms with Gasteiger partial charge >= 0.3 is 29.6 Å². The summed E-state index contributed by atoms with van der Waals surface area (Å²) in [6.45, 7) is -0.598. The van der Waals surface area contributed by atoms with Crippen LogP contribution in [-0.2, 0) is 31.5 Å². The SMILES string of the molecule is Nc1ccn([C@@H]2S[C@H](CO[P+](=O)OP(=O)(O)OP(=O)(O)OO)[C@@H](O)[C@@H]2O)c(=O)n1. The van der Waals surface area contributed by atoms with Crippen molar-refractivity contribution in [3.05, 3.63) is 22.7 Å². The van der Waals surface area contributed by atoms with E-state index in [4.69, 9.17) is 20.8 Å². The largest absolute Gasteiger partial charge is 0.708 e. The number of hydrogen-bond acceptors (Lipinski definition) is 14. The molecule has 20 heteroatoms. The fourth-order valence-corrected chi connectivity index (χ4v) is 6.35. The fraction of sp³-hybridized carbons (Fsp3) is 0.556. The summed E-state index contributed by atoms with van der Waals surface area (Å²) in [6.07, 6.45) is -1.67. The second-order valence-electron chi connectivity index (χ2n) is 5.29. The molecule has 16 nitrogen and oxygen atoms in total. The van der Waals surface area contributed by atoms with E-state index >= 15 is 0 Å². The molecule has 0 amide bonds. The van der Waals surface area contributed by atoms with Crippen LogP contribution in [-0.4, -0.2) is 58.9 Å². The van der Waals surface area contributed by atoms with E-state index in [0.717, 1.165) is 16.3 Å². The van der Waals surface area contributed by atoms with E-state index in [9.17, 15) is 28.7 Å². The average Bonchev–Trinajstić information content (AvgIpc) is 2.87. The van der Waals surface area contributed by atoms with Gasteiger partial charge in [-0.2, -0.15) is 9.29 Å². The number of aromatic nitrogens is 2. The molecule has 2 rings (SSSR count). The fourth-order valence-electron chi connectivity index (χ4n) is 2.12. The molecule has 2 heterocycles. The minimum Gasteiger partial charge on any atom is -0.389 e. The molecular weight excluding hydrogens is 483 g/mol. The summed E-state index contributed by atoms with van der Waals surface area (Å²) in [5.74, 6) is -0.0482. The third kappa shape index (κ3) is 6.60. The predicted octanol–water partition coefficient (Wildman–Crippen LogP) is -0.441. The smallest absolute Gasteiger partial charge is 0.389 e. The van der Waals surface area contributed by atoms with Crippen LogP contribution in [0.15, 0.2) is 17.1 Å². The van der Waals surface area contributed by atoms with E-state index in [1.807, 2.05) is 0 Å². The van der Waals surface area contributed by atoms with Crippen molar-refractivity contribution in [3.63, 3.8) is 0 Å². The topological polar surface area (TPSA) is 250 Å². The molecule has 1 aliphatic rings. The molecule has 7 N–H and O–H groups in total. The van der Waals surface area contributed by atoms with Gasteiger partial charge in [0.25, 0.3) is 0 Å². The number of rotatable bonds is 9. The lowest BCUT2D eigenvalue weighted by Crippen LogP contribution is -2.36. The highest BCUT2D eigenvalue weighted by Gasteiger charge is 2.48. The third-order valence-electron chi connectivity index (χ3n) is 3.29. The number of hydrogen-bond donors (Lipinski definition) is 6. The van der Waals surface area contributed by atoms with Gasteiger partial charge in [-0.1, -0.05) is 0 Å². The van der Waals surface area contributed by atoms with Gasteiger partial charge < -0.3 is 20.8 Å². The van der Waals surface area contributed by atoms with E-state index in [1.54, 1.807) is 0 Å². The van der Waals surface area contributed by atoms with Gasteiger partial charge in [0.15, 0.2) is 0 Å². The second kappa shape index (κ2) is 9.58. The molecule has 1 aromatic heterocycles. The van der Waals surface area contributed by atoms with E-state index < -0.39 is 59.0 Å². The first-order valence-corrected chi connectivity index (χ1v) is 12.2. The maximum Gasteiger partial charge on any atom is 0.708 e. The number of nitrogens with two attached hydrogens (primary N) is 1. The van der Waals surface area contributed by atoms with Gasteiger partial charge in [0.05, 0.1) is 11.4 Å². The average molecular weight is 498 g/mol. The van der Waals surface area contributed by atoms with Crippen molar-refractivity contribution in [2.45, 2.75) is 22.8 Å². The van der Waals surface area contributed by atoms with Gasteiger partial charge in [-0.15, -0.1) is 21.0 Å². The Kier molecular flexibility index (Phi) is 8.09. The highest BCUT2D eigenvalue weighted by Crippen LogP contribution is 2.63. The van der Waals surface area contributed by atoms with Gasteiger partial charge in [-0.3, -0.25) is 9.46 Å². The summed E-state index contributed by atoms with van der Waals surface area (Å²) in [6, 6.07) is 1.30. The van der Waals surface area contributed by atoms with E-state index in [-0.39, 0.29) is 5.82 Å². The molecule has 1 saturated heterocycles. The van der Waals surface area contributed by atoms with Crippen molar-refractivity contribution in [1.82, 2.24) is 9.55 Å². The Hall–Kier alpha value is -0.770. The Balaban J connectivity index is 1.97. The summed E-state index contributed by atoms with van der Waals surface area (Å²) >= 11 is 0.846. The number of aliphatic hydroxyl groups excluding tert-OH is 2. The molecule has 29 heavy (non-hydrogen) atoms. The molecular formula is C9H15N3O13P3S+. The molecule has 0 radical (unpaired) electrons. The molecule has 0 spiro atoms. The molecule has 1 aromatic rings. The highest BCUT2D eigenvalue weighted by molar-refractivity contribution is 8.00. The zero-order valence-electron chi connectivity index (χ0n) is 13.9. The molecule has 0 bridgehead atoms. The first kappa shape index (κ1) is 24.5. The van der Waals surface area contributed by atoms with Crippen molar-refractivity contribution in [1.29, 1.82) is 0 Å². The normalized spacial score (nSPS) is 29.2. The van der Waals surface area contributed by atoms with Crippen LogP contribution >= 0.6 is 35.7 Å². The van der Waals surface area contributed by atoms with Gasteiger partial charge in [0.2, 0.25) is 0 Å². The number of anilines is 1. The van der Waals surface area contributed by atoms with Gasteiger partial charge in [-0.05, 0) is 10.4 Å². The molecule has 3 unspecified atom stereocenters. The highest BCUT2D eigenvalue weighted by atomic mass is 32.2. The summed E-state index contributed by atoms with van der Waals surface area (Å²) < 4.78 is 50.0. The lowest BCUT2D eigenvalue weighted by Gasteiger charge is -2.17. The first-order chi connectivity index (χ1) is 13.3. The van der Waals surface area contributed by atoms with Crippen molar-refractivity contribution in [3.8, 4) is 0 Å². The van der Waals surface area contributed by atoms with Crippen molar-refractivity contribution in [2.75, 3.05) is 12.3 Å². The Morgan fingerprint density at radius 1 is 1.28 bits per heavy atom. The summed E-state index contributed by atoms with van der Waals surface area (Å²) in [4.78, 5) is 33.2. The lowest BCUT2D eigenvalue weighted by atomic mass is 10.1. The molecule has 164 valence electrons. The lowest BCUT2D eigenvalue weighted by molar-refractivity contribution is -0.157. The zero-order chi connectivity index (χ0) is 22.0. The van der Waals surface area contributed by atoms with Crippen LogP contribution in [0.5, 0.6) is 0 Å². The number of nitrogen functional groups attached to an aromatic ring is 1. The zero-order valence-corrected chi connectivity index (χ0v) is 17.4. The first-order valence-electron chi connectivity index (χ1n) is 7.21. The van der Waals surface area contributed by atoms with Gasteiger partial charge in [0, 0.05) is 10.8 Å². The van der Waals surface area contributed by atoms with Crippen molar-refractivity contribution >= 4 is 41.5 Å². The van der Waals surface area contributed by atoms with Crippen LogP contribution in [0.2, 0.25) is 0 Å². The number of phosphoric acid groups is 2. The number of nitrogens with zero attached hydrogens (tertiary/aromatic N) is 2. The Bertz CT molecular complexity index is 913. The summed E-state index contributed by atoms with van der Waals surface area (Å²) in [5, 5.41) is 26.3. The molecule has 0 aliphatic carbocycles. The predicted molar refractivity (Wildman–Crippen MR) is 94.4 cm³/mol. The van der Waals surface area contributed by atoms with Crippen molar-refractivity contribution < 1.29 is 56.8 Å². The molecule has 0 saturated carbocycles. The van der Waals surface area contributed by atoms with Crippen LogP contribution in [0.1, 0.15) is 5.37 Å². The standard InChI is InChI=1S/C9H14N3O13P3S/c10-5-1-2-12(9(15)11-5)8-7(14)6(13)4(29-8)3-22-26(17)24-28(20,21)25-27(18,19)23-16/h1-2,4,6-8,13-14H,3H2,(H4-,10,11,15,16,18,19,20,21)/p+1/t4-,6-,7+,8-/m1/s1. The minimum atomic E-state index is -5.44. The third-order valence-corrected chi connectivity index (χ3v) is 8.41. The molecule has 0 aromatic carbocycles. The second-order valence-corrected chi connectivity index (χ2v) is 10.7. The quantitative estimate of drug-likeness (QED) is 0.143. The summed E-state index contributed by atoms with van der Waals surface area (Å²) in [5.41, 5.74) is 4.59. The number of aliphatic hydroxyl groups is 2. The van der Waals surface area contributed by atoms with Crippen LogP contribution in [0.4, 0.5) is 5.82 Å². The van der Waals surface area contributed by atoms with E-state index in [0.29, 0.717) is 0 Å². The van der Waals surface area contributed by atoms with E-state index in [1.165, 1.54) is 12.3 Å². The van der Waals surface area contributed by atoms with Gasteiger partial charge in [-0.25, -0.2) is 19.2 Å². The van der Waals surface area contributed by atoms with Crippen LogP contribution in [0, 0.1) is 0 Å². The Labute approximate surface area is 166 Å². The molecule has 1 aliphatic heterocycles. The maximum atomic E-state index is 11.9. The number of thioether (sulfide) groups is 1. The van der Waals surface area contributed by atoms with E-state index in [2.05, 4.69) is 22.8 Å². The molecule has 1 fully saturated rings. The maximum absolute atomic E-state index is 11.9. The minimum absolute atomic E-state index is 0.0482. The monoisotopic (exact) mass is 498 g/mol. The summed E-state index contributed by atoms with van der Waals surface area (Å²) in [7, 11) is -14.2. The Morgan fingerprint density at radius 3 is 2.52 bits per heavy atom. The van der Waals surface area contributed by atoms with Crippen LogP contribution < -0.4 is 11.4 Å².